The van der Waals surface area contributed by atoms with Gasteiger partial charge in [-0.05, 0) is 0 Å². The van der Waals surface area contributed by atoms with Crippen LogP contribution in [0.5, 0.6) is 0 Å². The van der Waals surface area contributed by atoms with Gasteiger partial charge in [0.15, 0.2) is 0 Å². The maximum atomic E-state index is 12.2. The molecule has 0 aliphatic rings. The van der Waals surface area contributed by atoms with E-state index in [4.69, 9.17) is 5.11 Å². The van der Waals surface area contributed by atoms with E-state index < -0.39 is 24.1 Å². The second-order valence-electron chi connectivity index (χ2n) is 2.93. The van der Waals surface area contributed by atoms with Crippen LogP contribution < -0.4 is 10.6 Å². The Bertz CT molecular complexity index is 241. The Hall–Kier alpha value is -1.40. The molecule has 15 heavy (non-hydrogen) atoms. The Morgan fingerprint density at radius 1 is 1.40 bits per heavy atom. The van der Waals surface area contributed by atoms with Gasteiger partial charge in [0.2, 0.25) is 0 Å². The third kappa shape index (κ3) is 4.57. The molecule has 0 spiro atoms. The molecule has 0 aromatic carbocycles. The van der Waals surface area contributed by atoms with Crippen molar-refractivity contribution in [1.82, 2.24) is 10.6 Å². The molecule has 88 valence electrons. The van der Waals surface area contributed by atoms with Crippen LogP contribution in [-0.2, 0) is 4.79 Å². The maximum absolute atomic E-state index is 12.2. The van der Waals surface area contributed by atoms with Crippen molar-refractivity contribution < 1.29 is 23.1 Å². The Kier molecular flexibility index (Phi) is 4.96. The summed E-state index contributed by atoms with van der Waals surface area (Å²) in [5.74, 6) is -3.50. The summed E-state index contributed by atoms with van der Waals surface area (Å²) in [5, 5.41) is 13.3. The first-order valence-corrected chi connectivity index (χ1v) is 4.18. The van der Waals surface area contributed by atoms with Gasteiger partial charge in [0, 0.05) is 19.4 Å². The zero-order valence-corrected chi connectivity index (χ0v) is 8.30. The number of rotatable bonds is 5. The third-order valence-electron chi connectivity index (χ3n) is 1.81. The summed E-state index contributed by atoms with van der Waals surface area (Å²) in [6, 6.07) is -1.69. The molecule has 0 aliphatic carbocycles. The summed E-state index contributed by atoms with van der Waals surface area (Å²) < 4.78 is 36.7. The van der Waals surface area contributed by atoms with Crippen LogP contribution in [-0.4, -0.2) is 30.3 Å². The Morgan fingerprint density at radius 2 is 1.93 bits per heavy atom. The van der Waals surface area contributed by atoms with Crippen LogP contribution in [0.3, 0.4) is 0 Å². The van der Waals surface area contributed by atoms with Crippen molar-refractivity contribution >= 4 is 5.97 Å². The van der Waals surface area contributed by atoms with E-state index in [0.29, 0.717) is 0 Å². The van der Waals surface area contributed by atoms with Crippen LogP contribution in [0.25, 0.3) is 0 Å². The lowest BCUT2D eigenvalue weighted by Gasteiger charge is -2.22. The standard InChI is InChI=1S/C8H13F3N2O2/c1-5(8(9,10)11)6(7(14)15)13-4-3-12-2/h3-6,12-13H,1-2H3,(H,14,15)/b4-3+/t5?,6-/m0/s1. The molecular weight excluding hydrogens is 213 g/mol. The second-order valence-corrected chi connectivity index (χ2v) is 2.93. The summed E-state index contributed by atoms with van der Waals surface area (Å²) in [6.07, 6.45) is -2.11. The fourth-order valence-corrected chi connectivity index (χ4v) is 0.854. The molecule has 0 saturated heterocycles. The van der Waals surface area contributed by atoms with Gasteiger partial charge in [-0.3, -0.25) is 0 Å². The van der Waals surface area contributed by atoms with Crippen LogP contribution >= 0.6 is 0 Å². The van der Waals surface area contributed by atoms with E-state index in [2.05, 4.69) is 10.6 Å². The molecule has 0 fully saturated rings. The maximum Gasteiger partial charge on any atom is 0.394 e. The van der Waals surface area contributed by atoms with Crippen molar-refractivity contribution in [2.45, 2.75) is 19.1 Å². The highest BCUT2D eigenvalue weighted by molar-refractivity contribution is 5.74. The third-order valence-corrected chi connectivity index (χ3v) is 1.81. The van der Waals surface area contributed by atoms with Gasteiger partial charge < -0.3 is 15.7 Å². The summed E-state index contributed by atoms with van der Waals surface area (Å²) in [5.41, 5.74) is 0. The first-order chi connectivity index (χ1) is 6.80. The van der Waals surface area contributed by atoms with E-state index in [1.165, 1.54) is 6.20 Å². The highest BCUT2D eigenvalue weighted by Crippen LogP contribution is 2.28. The number of hydrogen-bond donors (Lipinski definition) is 3. The van der Waals surface area contributed by atoms with Gasteiger partial charge in [0.25, 0.3) is 0 Å². The summed E-state index contributed by atoms with van der Waals surface area (Å²) in [7, 11) is 1.54. The molecule has 7 heteroatoms. The minimum Gasteiger partial charge on any atom is -0.480 e. The van der Waals surface area contributed by atoms with Gasteiger partial charge in [0.05, 0.1) is 5.92 Å². The molecule has 0 amide bonds. The molecule has 0 heterocycles. The molecule has 0 bridgehead atoms. The lowest BCUT2D eigenvalue weighted by Crippen LogP contribution is -2.45. The monoisotopic (exact) mass is 226 g/mol. The Morgan fingerprint density at radius 3 is 2.27 bits per heavy atom. The lowest BCUT2D eigenvalue weighted by atomic mass is 10.0. The van der Waals surface area contributed by atoms with Gasteiger partial charge in [-0.15, -0.1) is 0 Å². The normalized spacial score (nSPS) is 16.1. The largest absolute Gasteiger partial charge is 0.480 e. The number of carbonyl (C=O) groups is 1. The van der Waals surface area contributed by atoms with Crippen LogP contribution in [0.1, 0.15) is 6.92 Å². The topological polar surface area (TPSA) is 61.4 Å². The van der Waals surface area contributed by atoms with Gasteiger partial charge in [-0.25, -0.2) is 4.79 Å². The Labute approximate surface area is 85.2 Å². The SMILES string of the molecule is CN/C=C/N[C@H](C(=O)O)C(C)C(F)(F)F. The molecule has 4 nitrogen and oxygen atoms in total. The van der Waals surface area contributed by atoms with E-state index >= 15 is 0 Å². The Balaban J connectivity index is 4.53. The van der Waals surface area contributed by atoms with Crippen molar-refractivity contribution in [1.29, 1.82) is 0 Å². The molecule has 0 aromatic heterocycles. The molecule has 3 N–H and O–H groups in total. The molecule has 1 unspecified atom stereocenters. The van der Waals surface area contributed by atoms with Gasteiger partial charge in [0.1, 0.15) is 6.04 Å². The fourth-order valence-electron chi connectivity index (χ4n) is 0.854. The molecule has 0 aliphatic heterocycles. The van der Waals surface area contributed by atoms with E-state index in [1.54, 1.807) is 7.05 Å². The van der Waals surface area contributed by atoms with Gasteiger partial charge in [-0.1, -0.05) is 6.92 Å². The van der Waals surface area contributed by atoms with Crippen molar-refractivity contribution in [3.05, 3.63) is 12.4 Å². The first-order valence-electron chi connectivity index (χ1n) is 4.18. The summed E-state index contributed by atoms with van der Waals surface area (Å²) >= 11 is 0. The number of alkyl halides is 3. The van der Waals surface area contributed by atoms with Gasteiger partial charge in [-0.2, -0.15) is 13.2 Å². The van der Waals surface area contributed by atoms with E-state index in [0.717, 1.165) is 13.1 Å². The highest BCUT2D eigenvalue weighted by Gasteiger charge is 2.44. The predicted molar refractivity (Wildman–Crippen MR) is 48.0 cm³/mol. The summed E-state index contributed by atoms with van der Waals surface area (Å²) in [6.45, 7) is 0.818. The summed E-state index contributed by atoms with van der Waals surface area (Å²) in [4.78, 5) is 10.6. The van der Waals surface area contributed by atoms with Crippen LogP contribution in [0.4, 0.5) is 13.2 Å². The van der Waals surface area contributed by atoms with Crippen LogP contribution in [0, 0.1) is 5.92 Å². The average Bonchev–Trinajstić information content (AvgIpc) is 2.09. The number of carboxylic acids is 1. The fraction of sp³-hybridized carbons (Fsp3) is 0.625. The number of carboxylic acid groups (broad SMARTS) is 1. The minimum atomic E-state index is -4.54. The molecular formula is C8H13F3N2O2. The molecule has 0 rings (SSSR count). The number of hydrogen-bond acceptors (Lipinski definition) is 3. The van der Waals surface area contributed by atoms with E-state index in [9.17, 15) is 18.0 Å². The minimum absolute atomic E-state index is 0.818. The second kappa shape index (κ2) is 5.47. The van der Waals surface area contributed by atoms with Crippen molar-refractivity contribution in [3.63, 3.8) is 0 Å². The molecule has 0 saturated carbocycles. The zero-order chi connectivity index (χ0) is 12.1. The van der Waals surface area contributed by atoms with Gasteiger partial charge >= 0.3 is 12.1 Å². The van der Waals surface area contributed by atoms with Crippen molar-refractivity contribution in [2.24, 2.45) is 5.92 Å². The van der Waals surface area contributed by atoms with Crippen molar-refractivity contribution in [3.8, 4) is 0 Å². The van der Waals surface area contributed by atoms with Crippen LogP contribution in [0.15, 0.2) is 12.4 Å². The lowest BCUT2D eigenvalue weighted by molar-refractivity contribution is -0.184. The number of aliphatic carboxylic acids is 1. The van der Waals surface area contributed by atoms with E-state index in [1.807, 2.05) is 0 Å². The molecule has 0 radical (unpaired) electrons. The van der Waals surface area contributed by atoms with E-state index in [-0.39, 0.29) is 0 Å². The van der Waals surface area contributed by atoms with Crippen molar-refractivity contribution in [2.75, 3.05) is 7.05 Å². The smallest absolute Gasteiger partial charge is 0.394 e. The molecule has 2 atom stereocenters. The first kappa shape index (κ1) is 13.6. The highest BCUT2D eigenvalue weighted by atomic mass is 19.4. The number of halogens is 3. The number of nitrogens with one attached hydrogen (secondary N) is 2. The molecule has 0 aromatic rings. The quantitative estimate of drug-likeness (QED) is 0.652. The average molecular weight is 226 g/mol. The van der Waals surface area contributed by atoms with Crippen LogP contribution in [0.2, 0.25) is 0 Å². The zero-order valence-electron chi connectivity index (χ0n) is 8.30. The predicted octanol–water partition coefficient (Wildman–Crippen LogP) is 0.918.